The van der Waals surface area contributed by atoms with E-state index in [1.54, 1.807) is 0 Å². The van der Waals surface area contributed by atoms with Gasteiger partial charge in [-0.25, -0.2) is 0 Å². The maximum atomic E-state index is 6.97. The van der Waals surface area contributed by atoms with E-state index in [0.29, 0.717) is 0 Å². The third-order valence-corrected chi connectivity index (χ3v) is 6.83. The molecule has 1 aromatic rings. The van der Waals surface area contributed by atoms with Crippen molar-refractivity contribution in [1.29, 1.82) is 0 Å². The SMILES string of the molecule is Cc1cccc(C)c1CC1(N)CC2CC1C1CCCC21. The minimum atomic E-state index is 0.0903. The summed E-state index contributed by atoms with van der Waals surface area (Å²) in [7, 11) is 0. The van der Waals surface area contributed by atoms with Crippen LogP contribution in [0.25, 0.3) is 0 Å². The highest BCUT2D eigenvalue weighted by atomic mass is 14.8. The molecule has 0 spiro atoms. The molecule has 0 aliphatic heterocycles. The average molecular weight is 269 g/mol. The summed E-state index contributed by atoms with van der Waals surface area (Å²) in [4.78, 5) is 0. The lowest BCUT2D eigenvalue weighted by Gasteiger charge is -2.41. The Morgan fingerprint density at radius 3 is 2.60 bits per heavy atom. The molecule has 4 rings (SSSR count). The van der Waals surface area contributed by atoms with E-state index in [1.807, 2.05) is 0 Å². The molecule has 3 aliphatic rings. The summed E-state index contributed by atoms with van der Waals surface area (Å²) in [5.41, 5.74) is 11.4. The van der Waals surface area contributed by atoms with Crippen molar-refractivity contribution in [2.75, 3.05) is 0 Å². The van der Waals surface area contributed by atoms with Crippen molar-refractivity contribution in [1.82, 2.24) is 0 Å². The molecule has 0 heterocycles. The molecule has 3 aliphatic carbocycles. The number of aryl methyl sites for hydroxylation is 2. The third-order valence-electron chi connectivity index (χ3n) is 6.83. The van der Waals surface area contributed by atoms with Crippen LogP contribution in [0.2, 0.25) is 0 Å². The fourth-order valence-electron chi connectivity index (χ4n) is 5.97. The summed E-state index contributed by atoms with van der Waals surface area (Å²) in [6.07, 6.45) is 8.23. The van der Waals surface area contributed by atoms with Gasteiger partial charge in [-0.05, 0) is 86.3 Å². The lowest BCUT2D eigenvalue weighted by Crippen LogP contribution is -2.51. The maximum Gasteiger partial charge on any atom is 0.0229 e. The number of benzene rings is 1. The van der Waals surface area contributed by atoms with Gasteiger partial charge in [0.25, 0.3) is 0 Å². The van der Waals surface area contributed by atoms with Gasteiger partial charge < -0.3 is 5.73 Å². The van der Waals surface area contributed by atoms with Crippen LogP contribution in [0.4, 0.5) is 0 Å². The number of hydrogen-bond donors (Lipinski definition) is 1. The van der Waals surface area contributed by atoms with E-state index in [1.165, 1.54) is 48.8 Å². The molecule has 0 amide bonds. The third kappa shape index (κ3) is 1.72. The Morgan fingerprint density at radius 2 is 1.85 bits per heavy atom. The van der Waals surface area contributed by atoms with Gasteiger partial charge in [0.15, 0.2) is 0 Å². The van der Waals surface area contributed by atoms with Crippen LogP contribution in [0.5, 0.6) is 0 Å². The Hall–Kier alpha value is -0.820. The van der Waals surface area contributed by atoms with Crippen molar-refractivity contribution < 1.29 is 0 Å². The van der Waals surface area contributed by atoms with Gasteiger partial charge in [-0.15, -0.1) is 0 Å². The van der Waals surface area contributed by atoms with E-state index < -0.39 is 0 Å². The highest BCUT2D eigenvalue weighted by Gasteiger charge is 2.59. The molecule has 0 radical (unpaired) electrons. The van der Waals surface area contributed by atoms with Crippen molar-refractivity contribution in [3.63, 3.8) is 0 Å². The zero-order valence-corrected chi connectivity index (χ0v) is 12.9. The Morgan fingerprint density at radius 1 is 1.15 bits per heavy atom. The van der Waals surface area contributed by atoms with Gasteiger partial charge in [0.1, 0.15) is 0 Å². The number of fused-ring (bicyclic) bond motifs is 5. The van der Waals surface area contributed by atoms with E-state index in [0.717, 1.165) is 30.1 Å². The van der Waals surface area contributed by atoms with Crippen LogP contribution in [0.15, 0.2) is 18.2 Å². The van der Waals surface area contributed by atoms with Crippen LogP contribution in [0, 0.1) is 37.5 Å². The first kappa shape index (κ1) is 12.9. The smallest absolute Gasteiger partial charge is 0.0229 e. The van der Waals surface area contributed by atoms with Crippen LogP contribution in [0.3, 0.4) is 0 Å². The van der Waals surface area contributed by atoms with Crippen molar-refractivity contribution in [2.24, 2.45) is 29.4 Å². The second-order valence-electron chi connectivity index (χ2n) is 7.85. The number of rotatable bonds is 2. The van der Waals surface area contributed by atoms with Crippen LogP contribution in [-0.4, -0.2) is 5.54 Å². The molecule has 0 saturated heterocycles. The predicted molar refractivity (Wildman–Crippen MR) is 83.6 cm³/mol. The average Bonchev–Trinajstić information content (AvgIpc) is 3.05. The molecule has 2 bridgehead atoms. The van der Waals surface area contributed by atoms with Crippen LogP contribution in [0.1, 0.15) is 48.8 Å². The zero-order valence-electron chi connectivity index (χ0n) is 12.9. The highest BCUT2D eigenvalue weighted by Crippen LogP contribution is 2.62. The van der Waals surface area contributed by atoms with E-state index >= 15 is 0 Å². The molecule has 1 nitrogen and oxygen atoms in total. The molecule has 5 atom stereocenters. The first-order valence-electron chi connectivity index (χ1n) is 8.42. The zero-order chi connectivity index (χ0) is 13.9. The summed E-state index contributed by atoms with van der Waals surface area (Å²) < 4.78 is 0. The summed E-state index contributed by atoms with van der Waals surface area (Å²) in [5, 5.41) is 0. The summed E-state index contributed by atoms with van der Waals surface area (Å²) >= 11 is 0. The first-order valence-corrected chi connectivity index (χ1v) is 8.42. The second-order valence-corrected chi connectivity index (χ2v) is 7.85. The quantitative estimate of drug-likeness (QED) is 0.863. The van der Waals surface area contributed by atoms with Crippen LogP contribution in [-0.2, 0) is 6.42 Å². The maximum absolute atomic E-state index is 6.97. The monoisotopic (exact) mass is 269 g/mol. The second kappa shape index (κ2) is 4.34. The van der Waals surface area contributed by atoms with Crippen LogP contribution < -0.4 is 5.73 Å². The van der Waals surface area contributed by atoms with Crippen LogP contribution >= 0.6 is 0 Å². The lowest BCUT2D eigenvalue weighted by atomic mass is 9.68. The molecule has 108 valence electrons. The molecule has 3 saturated carbocycles. The lowest BCUT2D eigenvalue weighted by molar-refractivity contribution is 0.156. The van der Waals surface area contributed by atoms with E-state index in [9.17, 15) is 0 Å². The fourth-order valence-corrected chi connectivity index (χ4v) is 5.97. The molecule has 0 aromatic heterocycles. The molecule has 5 unspecified atom stereocenters. The Bertz CT molecular complexity index is 514. The number of hydrogen-bond acceptors (Lipinski definition) is 1. The largest absolute Gasteiger partial charge is 0.325 e. The minimum Gasteiger partial charge on any atom is -0.325 e. The molecular weight excluding hydrogens is 242 g/mol. The molecule has 1 heteroatoms. The molecule has 1 aromatic carbocycles. The van der Waals surface area contributed by atoms with Crippen molar-refractivity contribution in [2.45, 2.75) is 57.9 Å². The number of nitrogens with two attached hydrogens (primary N) is 1. The van der Waals surface area contributed by atoms with Gasteiger partial charge in [0.05, 0.1) is 0 Å². The van der Waals surface area contributed by atoms with Crippen molar-refractivity contribution >= 4 is 0 Å². The summed E-state index contributed by atoms with van der Waals surface area (Å²) in [6, 6.07) is 6.67. The van der Waals surface area contributed by atoms with Gasteiger partial charge >= 0.3 is 0 Å². The normalized spacial score (nSPS) is 42.1. The predicted octanol–water partition coefficient (Wildman–Crippen LogP) is 4.00. The van der Waals surface area contributed by atoms with Gasteiger partial charge in [-0.1, -0.05) is 24.6 Å². The Kier molecular flexibility index (Phi) is 2.79. The molecule has 2 N–H and O–H groups in total. The van der Waals surface area contributed by atoms with Crippen molar-refractivity contribution in [3.8, 4) is 0 Å². The highest BCUT2D eigenvalue weighted by molar-refractivity contribution is 5.36. The van der Waals surface area contributed by atoms with Crippen molar-refractivity contribution in [3.05, 3.63) is 34.9 Å². The molecular formula is C19H27N. The molecule has 3 fully saturated rings. The van der Waals surface area contributed by atoms with Gasteiger partial charge in [0, 0.05) is 5.54 Å². The first-order chi connectivity index (χ1) is 9.58. The van der Waals surface area contributed by atoms with E-state index in [-0.39, 0.29) is 5.54 Å². The van der Waals surface area contributed by atoms with E-state index in [4.69, 9.17) is 5.73 Å². The minimum absolute atomic E-state index is 0.0903. The topological polar surface area (TPSA) is 26.0 Å². The van der Waals surface area contributed by atoms with Gasteiger partial charge in [-0.2, -0.15) is 0 Å². The standard InChI is InChI=1S/C19H27N/c1-12-5-3-6-13(2)17(12)11-19(20)10-14-9-18(19)16-8-4-7-15(14)16/h3,5-6,14-16,18H,4,7-11,20H2,1-2H3. The molecule has 20 heavy (non-hydrogen) atoms. The fraction of sp³-hybridized carbons (Fsp3) is 0.684. The Labute approximate surface area is 122 Å². The Balaban J connectivity index is 1.63. The summed E-state index contributed by atoms with van der Waals surface area (Å²) in [6.45, 7) is 4.49. The van der Waals surface area contributed by atoms with E-state index in [2.05, 4.69) is 32.0 Å². The summed E-state index contributed by atoms with van der Waals surface area (Å²) in [5.74, 6) is 3.75. The van der Waals surface area contributed by atoms with Gasteiger partial charge in [0.2, 0.25) is 0 Å². The van der Waals surface area contributed by atoms with Gasteiger partial charge in [-0.3, -0.25) is 0 Å².